The van der Waals surface area contributed by atoms with E-state index in [4.69, 9.17) is 0 Å². The van der Waals surface area contributed by atoms with E-state index in [1.807, 2.05) is 4.68 Å². The highest BCUT2D eigenvalue weighted by atomic mass is 15.3. The van der Waals surface area contributed by atoms with Crippen LogP contribution < -0.4 is 5.32 Å². The highest BCUT2D eigenvalue weighted by molar-refractivity contribution is 4.88. The van der Waals surface area contributed by atoms with Gasteiger partial charge in [-0.1, -0.05) is 13.8 Å². The van der Waals surface area contributed by atoms with Crippen LogP contribution in [-0.2, 0) is 13.1 Å². The van der Waals surface area contributed by atoms with Crippen molar-refractivity contribution in [3.8, 4) is 0 Å². The number of nitrogens with one attached hydrogen (secondary N) is 1. The van der Waals surface area contributed by atoms with Gasteiger partial charge in [-0.2, -0.15) is 5.10 Å². The summed E-state index contributed by atoms with van der Waals surface area (Å²) in [5.74, 6) is 2.56. The molecule has 1 N–H and O–H groups in total. The van der Waals surface area contributed by atoms with Gasteiger partial charge in [0.05, 0.1) is 6.54 Å². The molecule has 0 aromatic carbocycles. The number of hydrogen-bond acceptors (Lipinski definition) is 3. The standard InChI is InChI=1S/C12H22N4/c1-9(2)7-16-12(14-8-15-16)6-13-10(3)11-4-5-11/h8-11,13H,4-7H2,1-3H3. The van der Waals surface area contributed by atoms with E-state index in [0.717, 1.165) is 24.8 Å². The Balaban J connectivity index is 1.85. The second-order valence-corrected chi connectivity index (χ2v) is 5.26. The summed E-state index contributed by atoms with van der Waals surface area (Å²) in [5.41, 5.74) is 0. The van der Waals surface area contributed by atoms with Crippen molar-refractivity contribution in [2.45, 2.75) is 52.7 Å². The molecule has 1 aromatic rings. The van der Waals surface area contributed by atoms with Crippen LogP contribution in [-0.4, -0.2) is 20.8 Å². The average Bonchev–Trinajstić information content (AvgIpc) is 2.98. The Hall–Kier alpha value is -0.900. The van der Waals surface area contributed by atoms with Crippen molar-refractivity contribution in [2.24, 2.45) is 11.8 Å². The van der Waals surface area contributed by atoms with Crippen molar-refractivity contribution in [3.05, 3.63) is 12.2 Å². The predicted molar refractivity (Wildman–Crippen MR) is 63.9 cm³/mol. The Bertz CT molecular complexity index is 328. The first kappa shape index (κ1) is 11.6. The van der Waals surface area contributed by atoms with Crippen molar-refractivity contribution in [2.75, 3.05) is 0 Å². The van der Waals surface area contributed by atoms with E-state index in [2.05, 4.69) is 36.2 Å². The smallest absolute Gasteiger partial charge is 0.140 e. The summed E-state index contributed by atoms with van der Waals surface area (Å²) in [5, 5.41) is 7.80. The summed E-state index contributed by atoms with van der Waals surface area (Å²) < 4.78 is 2.01. The molecule has 4 nitrogen and oxygen atoms in total. The average molecular weight is 222 g/mol. The predicted octanol–water partition coefficient (Wildman–Crippen LogP) is 1.82. The summed E-state index contributed by atoms with van der Waals surface area (Å²) >= 11 is 0. The lowest BCUT2D eigenvalue weighted by Gasteiger charge is -2.13. The second-order valence-electron chi connectivity index (χ2n) is 5.26. The van der Waals surface area contributed by atoms with E-state index in [9.17, 15) is 0 Å². The Morgan fingerprint density at radius 2 is 2.19 bits per heavy atom. The minimum Gasteiger partial charge on any atom is -0.307 e. The van der Waals surface area contributed by atoms with E-state index >= 15 is 0 Å². The first-order chi connectivity index (χ1) is 7.66. The van der Waals surface area contributed by atoms with Gasteiger partial charge in [-0.3, -0.25) is 0 Å². The molecule has 0 amide bonds. The molecule has 0 saturated heterocycles. The molecule has 1 atom stereocenters. The van der Waals surface area contributed by atoms with Gasteiger partial charge in [0.1, 0.15) is 12.2 Å². The molecule has 1 heterocycles. The lowest BCUT2D eigenvalue weighted by Crippen LogP contribution is -2.29. The van der Waals surface area contributed by atoms with Crippen molar-refractivity contribution in [3.63, 3.8) is 0 Å². The zero-order valence-corrected chi connectivity index (χ0v) is 10.5. The largest absolute Gasteiger partial charge is 0.307 e. The zero-order valence-electron chi connectivity index (χ0n) is 10.5. The number of hydrogen-bond donors (Lipinski definition) is 1. The van der Waals surface area contributed by atoms with Crippen LogP contribution in [0, 0.1) is 11.8 Å². The quantitative estimate of drug-likeness (QED) is 0.798. The van der Waals surface area contributed by atoms with Crippen molar-refractivity contribution < 1.29 is 0 Å². The molecule has 0 bridgehead atoms. The summed E-state index contributed by atoms with van der Waals surface area (Å²) in [6.45, 7) is 8.46. The molecule has 1 unspecified atom stereocenters. The second kappa shape index (κ2) is 4.95. The van der Waals surface area contributed by atoms with Crippen molar-refractivity contribution >= 4 is 0 Å². The third-order valence-electron chi connectivity index (χ3n) is 3.15. The van der Waals surface area contributed by atoms with E-state index < -0.39 is 0 Å². The van der Waals surface area contributed by atoms with E-state index in [1.54, 1.807) is 6.33 Å². The van der Waals surface area contributed by atoms with Crippen LogP contribution in [0.15, 0.2) is 6.33 Å². The Morgan fingerprint density at radius 3 is 2.81 bits per heavy atom. The first-order valence-electron chi connectivity index (χ1n) is 6.27. The fraction of sp³-hybridized carbons (Fsp3) is 0.833. The van der Waals surface area contributed by atoms with Gasteiger partial charge >= 0.3 is 0 Å². The summed E-state index contributed by atoms with van der Waals surface area (Å²) in [6.07, 6.45) is 4.42. The summed E-state index contributed by atoms with van der Waals surface area (Å²) in [4.78, 5) is 4.31. The lowest BCUT2D eigenvalue weighted by atomic mass is 10.2. The lowest BCUT2D eigenvalue weighted by molar-refractivity contribution is 0.435. The van der Waals surface area contributed by atoms with Crippen LogP contribution in [0.1, 0.15) is 39.4 Å². The maximum atomic E-state index is 4.31. The first-order valence-corrected chi connectivity index (χ1v) is 6.27. The third kappa shape index (κ3) is 3.04. The van der Waals surface area contributed by atoms with Gasteiger partial charge in [0, 0.05) is 12.6 Å². The van der Waals surface area contributed by atoms with Crippen LogP contribution in [0.4, 0.5) is 0 Å². The Morgan fingerprint density at radius 1 is 1.44 bits per heavy atom. The summed E-state index contributed by atoms with van der Waals surface area (Å²) in [6, 6.07) is 0.615. The monoisotopic (exact) mass is 222 g/mol. The number of nitrogens with zero attached hydrogens (tertiary/aromatic N) is 3. The highest BCUT2D eigenvalue weighted by Crippen LogP contribution is 2.32. The van der Waals surface area contributed by atoms with Crippen molar-refractivity contribution in [1.82, 2.24) is 20.1 Å². The summed E-state index contributed by atoms with van der Waals surface area (Å²) in [7, 11) is 0. The van der Waals surface area contributed by atoms with Crippen molar-refractivity contribution in [1.29, 1.82) is 0 Å². The van der Waals surface area contributed by atoms with E-state index in [1.165, 1.54) is 12.8 Å². The van der Waals surface area contributed by atoms with Gasteiger partial charge in [-0.05, 0) is 31.6 Å². The molecule has 1 aromatic heterocycles. The molecular formula is C12H22N4. The Labute approximate surface area is 97.5 Å². The van der Waals surface area contributed by atoms with Gasteiger partial charge in [0.15, 0.2) is 0 Å². The van der Waals surface area contributed by atoms with Gasteiger partial charge in [0.2, 0.25) is 0 Å². The van der Waals surface area contributed by atoms with Gasteiger partial charge in [-0.15, -0.1) is 0 Å². The molecular weight excluding hydrogens is 200 g/mol. The highest BCUT2D eigenvalue weighted by Gasteiger charge is 2.27. The number of aromatic nitrogens is 3. The normalized spacial score (nSPS) is 18.0. The molecule has 0 aliphatic heterocycles. The number of rotatable bonds is 6. The zero-order chi connectivity index (χ0) is 11.5. The molecule has 2 rings (SSSR count). The SMILES string of the molecule is CC(C)Cn1ncnc1CNC(C)C1CC1. The molecule has 1 saturated carbocycles. The van der Waals surface area contributed by atoms with Gasteiger partial charge < -0.3 is 5.32 Å². The molecule has 16 heavy (non-hydrogen) atoms. The molecule has 4 heteroatoms. The molecule has 1 aliphatic rings. The minimum atomic E-state index is 0.612. The van der Waals surface area contributed by atoms with E-state index in [0.29, 0.717) is 12.0 Å². The molecule has 1 aliphatic carbocycles. The molecule has 0 radical (unpaired) electrons. The Kier molecular flexibility index (Phi) is 3.59. The molecule has 90 valence electrons. The third-order valence-corrected chi connectivity index (χ3v) is 3.15. The maximum Gasteiger partial charge on any atom is 0.140 e. The fourth-order valence-electron chi connectivity index (χ4n) is 1.94. The molecule has 0 spiro atoms. The minimum absolute atomic E-state index is 0.612. The van der Waals surface area contributed by atoms with Gasteiger partial charge in [0.25, 0.3) is 0 Å². The van der Waals surface area contributed by atoms with E-state index in [-0.39, 0.29) is 0 Å². The van der Waals surface area contributed by atoms with Crippen LogP contribution >= 0.6 is 0 Å². The topological polar surface area (TPSA) is 42.7 Å². The maximum absolute atomic E-state index is 4.31. The molecule has 1 fully saturated rings. The van der Waals surface area contributed by atoms with Crippen LogP contribution in [0.2, 0.25) is 0 Å². The van der Waals surface area contributed by atoms with Crippen LogP contribution in [0.3, 0.4) is 0 Å². The van der Waals surface area contributed by atoms with Gasteiger partial charge in [-0.25, -0.2) is 9.67 Å². The van der Waals surface area contributed by atoms with Crippen LogP contribution in [0.25, 0.3) is 0 Å². The fourth-order valence-corrected chi connectivity index (χ4v) is 1.94. The van der Waals surface area contributed by atoms with Crippen LogP contribution in [0.5, 0.6) is 0 Å².